The van der Waals surface area contributed by atoms with Gasteiger partial charge in [0.2, 0.25) is 0 Å². The van der Waals surface area contributed by atoms with Crippen molar-refractivity contribution in [1.82, 2.24) is 0 Å². The normalized spacial score (nSPS) is 13.6. The van der Waals surface area contributed by atoms with E-state index in [1.807, 2.05) is 0 Å². The highest BCUT2D eigenvalue weighted by Crippen LogP contribution is 2.65. The molecule has 0 saturated heterocycles. The van der Waals surface area contributed by atoms with Gasteiger partial charge in [0, 0.05) is 27.9 Å². The zero-order valence-corrected chi connectivity index (χ0v) is 36.6. The van der Waals surface area contributed by atoms with E-state index < -0.39 is 5.41 Å². The van der Waals surface area contributed by atoms with Gasteiger partial charge in [-0.15, -0.1) is 0 Å². The topological polar surface area (TPSA) is 3.24 Å². The summed E-state index contributed by atoms with van der Waals surface area (Å²) in [7, 11) is 0. The second-order valence-corrected chi connectivity index (χ2v) is 18.0. The summed E-state index contributed by atoms with van der Waals surface area (Å²) in [6.45, 7) is 4.86. The first kappa shape index (κ1) is 38.7. The van der Waals surface area contributed by atoms with Crippen LogP contribution in [0.3, 0.4) is 0 Å². The van der Waals surface area contributed by atoms with Gasteiger partial charge in [-0.2, -0.15) is 0 Å². The SMILES string of the molecule is CC1(C)c2ccc(-c3ccccc3)cc2-c2c1cc1c(c2N(c2ccc(-c3ccccc3)cc2)c2ccc(-c3ccccc3)cc2)-c2ccccc2C1(c1ccccc1)c1ccccc1. The summed E-state index contributed by atoms with van der Waals surface area (Å²) in [5, 5.41) is 0. The Kier molecular flexibility index (Phi) is 9.14. The first-order valence-electron chi connectivity index (χ1n) is 22.8. The van der Waals surface area contributed by atoms with Crippen LogP contribution >= 0.6 is 0 Å². The molecule has 0 radical (unpaired) electrons. The highest BCUT2D eigenvalue weighted by atomic mass is 15.1. The Labute approximate surface area is 382 Å². The Hall–Kier alpha value is -8.00. The van der Waals surface area contributed by atoms with Crippen molar-refractivity contribution in [2.24, 2.45) is 0 Å². The predicted molar refractivity (Wildman–Crippen MR) is 272 cm³/mol. The first-order valence-corrected chi connectivity index (χ1v) is 22.8. The van der Waals surface area contributed by atoms with Gasteiger partial charge in [-0.25, -0.2) is 0 Å². The lowest BCUT2D eigenvalue weighted by molar-refractivity contribution is 0.656. The summed E-state index contributed by atoms with van der Waals surface area (Å²) in [4.78, 5) is 2.57. The predicted octanol–water partition coefficient (Wildman–Crippen LogP) is 16.8. The van der Waals surface area contributed by atoms with Crippen molar-refractivity contribution in [2.45, 2.75) is 24.7 Å². The maximum absolute atomic E-state index is 2.60. The fourth-order valence-corrected chi connectivity index (χ4v) is 11.1. The van der Waals surface area contributed by atoms with Crippen molar-refractivity contribution >= 4 is 17.1 Å². The van der Waals surface area contributed by atoms with Crippen LogP contribution in [0.25, 0.3) is 55.6 Å². The molecule has 0 bridgehead atoms. The summed E-state index contributed by atoms with van der Waals surface area (Å²) in [5.41, 5.74) is 22.6. The maximum atomic E-state index is 2.60. The molecule has 0 N–H and O–H groups in total. The molecule has 1 heteroatoms. The lowest BCUT2D eigenvalue weighted by atomic mass is 9.66. The number of anilines is 3. The van der Waals surface area contributed by atoms with E-state index in [4.69, 9.17) is 0 Å². The Morgan fingerprint density at radius 1 is 0.292 bits per heavy atom. The van der Waals surface area contributed by atoms with Crippen molar-refractivity contribution in [3.8, 4) is 55.6 Å². The van der Waals surface area contributed by atoms with Gasteiger partial charge in [-0.1, -0.05) is 232 Å². The zero-order valence-electron chi connectivity index (χ0n) is 36.6. The zero-order chi connectivity index (χ0) is 43.5. The van der Waals surface area contributed by atoms with Gasteiger partial charge in [-0.3, -0.25) is 0 Å². The van der Waals surface area contributed by atoms with E-state index in [2.05, 4.69) is 267 Å². The lowest BCUT2D eigenvalue weighted by Crippen LogP contribution is -2.29. The molecule has 10 aromatic rings. The molecule has 0 saturated carbocycles. The molecule has 308 valence electrons. The fraction of sp³-hybridized carbons (Fsp3) is 0.0625. The van der Waals surface area contributed by atoms with Gasteiger partial charge in [0.05, 0.1) is 11.1 Å². The monoisotopic (exact) mass is 829 g/mol. The third kappa shape index (κ3) is 6.07. The molecule has 0 amide bonds. The first-order chi connectivity index (χ1) is 32.0. The lowest BCUT2D eigenvalue weighted by Gasteiger charge is -2.36. The molecule has 1 nitrogen and oxygen atoms in total. The van der Waals surface area contributed by atoms with E-state index in [9.17, 15) is 0 Å². The van der Waals surface area contributed by atoms with E-state index in [1.54, 1.807) is 0 Å². The van der Waals surface area contributed by atoms with Gasteiger partial charge >= 0.3 is 0 Å². The second kappa shape index (κ2) is 15.4. The summed E-state index contributed by atoms with van der Waals surface area (Å²) < 4.78 is 0. The van der Waals surface area contributed by atoms with Crippen LogP contribution in [0.1, 0.15) is 47.2 Å². The van der Waals surface area contributed by atoms with Crippen LogP contribution in [-0.2, 0) is 10.8 Å². The Bertz CT molecular complexity index is 3210. The molecule has 0 spiro atoms. The third-order valence-corrected chi connectivity index (χ3v) is 14.2. The van der Waals surface area contributed by atoms with E-state index in [1.165, 1.54) is 94.7 Å². The van der Waals surface area contributed by atoms with Crippen LogP contribution in [0.15, 0.2) is 249 Å². The maximum Gasteiger partial charge on any atom is 0.0714 e. The molecule has 65 heavy (non-hydrogen) atoms. The van der Waals surface area contributed by atoms with E-state index >= 15 is 0 Å². The highest BCUT2D eigenvalue weighted by molar-refractivity contribution is 6.07. The fourth-order valence-electron chi connectivity index (χ4n) is 11.1. The van der Waals surface area contributed by atoms with Gasteiger partial charge in [0.25, 0.3) is 0 Å². The van der Waals surface area contributed by atoms with E-state index in [-0.39, 0.29) is 5.41 Å². The molecule has 0 heterocycles. The molecule has 0 atom stereocenters. The average molecular weight is 830 g/mol. The summed E-state index contributed by atoms with van der Waals surface area (Å²) >= 11 is 0. The second-order valence-electron chi connectivity index (χ2n) is 18.0. The molecule has 10 aromatic carbocycles. The van der Waals surface area contributed by atoms with Gasteiger partial charge in [0.15, 0.2) is 0 Å². The van der Waals surface area contributed by atoms with Crippen molar-refractivity contribution in [3.63, 3.8) is 0 Å². The quantitative estimate of drug-likeness (QED) is 0.147. The minimum atomic E-state index is -0.585. The number of benzene rings is 10. The van der Waals surface area contributed by atoms with Gasteiger partial charge in [0.1, 0.15) is 0 Å². The van der Waals surface area contributed by atoms with Crippen LogP contribution in [0, 0.1) is 0 Å². The molecule has 0 aromatic heterocycles. The molecule has 0 aliphatic heterocycles. The smallest absolute Gasteiger partial charge is 0.0714 e. The molecule has 0 fully saturated rings. The molecular weight excluding hydrogens is 783 g/mol. The number of hydrogen-bond donors (Lipinski definition) is 0. The van der Waals surface area contributed by atoms with Crippen LogP contribution in [0.4, 0.5) is 17.1 Å². The number of fused-ring (bicyclic) bond motifs is 6. The Morgan fingerprint density at radius 3 is 1.20 bits per heavy atom. The van der Waals surface area contributed by atoms with Gasteiger partial charge in [-0.05, 0) is 108 Å². The van der Waals surface area contributed by atoms with Crippen LogP contribution in [-0.4, -0.2) is 0 Å². The van der Waals surface area contributed by atoms with Crippen molar-refractivity contribution in [2.75, 3.05) is 4.90 Å². The number of rotatable bonds is 8. The number of nitrogens with zero attached hydrogens (tertiary/aromatic N) is 1. The molecule has 0 unspecified atom stereocenters. The molecular formula is C64H47N. The van der Waals surface area contributed by atoms with Crippen LogP contribution in [0.2, 0.25) is 0 Å². The average Bonchev–Trinajstić information content (AvgIpc) is 3.80. The van der Waals surface area contributed by atoms with Crippen LogP contribution < -0.4 is 4.90 Å². The summed E-state index contributed by atoms with van der Waals surface area (Å²) in [6.07, 6.45) is 0. The van der Waals surface area contributed by atoms with Crippen molar-refractivity contribution < 1.29 is 0 Å². The van der Waals surface area contributed by atoms with E-state index in [0.717, 1.165) is 11.4 Å². The largest absolute Gasteiger partial charge is 0.309 e. The molecule has 12 rings (SSSR count). The minimum absolute atomic E-state index is 0.308. The molecule has 2 aliphatic carbocycles. The summed E-state index contributed by atoms with van der Waals surface area (Å²) in [6, 6.07) is 92.1. The van der Waals surface area contributed by atoms with E-state index in [0.29, 0.717) is 0 Å². The Balaban J connectivity index is 1.23. The van der Waals surface area contributed by atoms with Crippen LogP contribution in [0.5, 0.6) is 0 Å². The standard InChI is InChI=1S/C64H47N/c1-63(2)56-41-36-49(46-24-12-5-13-25-46)42-55(56)61-58(63)43-59-60(54-30-18-19-31-57(54)64(59,50-26-14-6-15-27-50)51-28-16-7-17-29-51)62(61)65(52-37-32-47(33-38-52)44-20-8-3-9-21-44)53-39-34-48(35-40-53)45-22-10-4-11-23-45/h3-43H,1-2H3. The van der Waals surface area contributed by atoms with Gasteiger partial charge < -0.3 is 4.90 Å². The van der Waals surface area contributed by atoms with Crippen molar-refractivity contribution in [1.29, 1.82) is 0 Å². The van der Waals surface area contributed by atoms with Crippen molar-refractivity contribution in [3.05, 3.63) is 282 Å². The number of hydrogen-bond acceptors (Lipinski definition) is 1. The highest BCUT2D eigenvalue weighted by Gasteiger charge is 2.51. The summed E-state index contributed by atoms with van der Waals surface area (Å²) in [5.74, 6) is 0. The Morgan fingerprint density at radius 2 is 0.692 bits per heavy atom. The minimum Gasteiger partial charge on any atom is -0.309 e. The molecule has 2 aliphatic rings. The third-order valence-electron chi connectivity index (χ3n) is 14.2.